The smallest absolute Gasteiger partial charge is 0.243 e. The first-order valence-electron chi connectivity index (χ1n) is 11.1. The van der Waals surface area contributed by atoms with Crippen LogP contribution in [0, 0.1) is 5.92 Å². The second-order valence-electron chi connectivity index (χ2n) is 8.25. The van der Waals surface area contributed by atoms with Gasteiger partial charge in [-0.05, 0) is 34.9 Å². The number of carbonyl (C=O) groups excluding carboxylic acids is 2. The lowest BCUT2D eigenvalue weighted by atomic mass is 10.0. The van der Waals surface area contributed by atoms with Crippen molar-refractivity contribution < 1.29 is 14.3 Å². The summed E-state index contributed by atoms with van der Waals surface area (Å²) < 4.78 is 5.25. The fraction of sp³-hybridized carbons (Fsp3) is 0.296. The summed E-state index contributed by atoms with van der Waals surface area (Å²) in [5.41, 5.74) is 2.83. The molecule has 0 bridgehead atoms. The molecule has 1 unspecified atom stereocenters. The van der Waals surface area contributed by atoms with Gasteiger partial charge >= 0.3 is 0 Å². The summed E-state index contributed by atoms with van der Waals surface area (Å²) in [6.07, 6.45) is 3.84. The van der Waals surface area contributed by atoms with Gasteiger partial charge in [0.2, 0.25) is 11.8 Å². The average molecular weight is 446 g/mol. The van der Waals surface area contributed by atoms with Gasteiger partial charge < -0.3 is 15.0 Å². The molecule has 0 saturated heterocycles. The minimum absolute atomic E-state index is 0.0664. The standard InChI is InChI=1S/C27H31N3O3/c1-20(2)27(32)30(19-22-11-13-24(33-3)14-12-22)25(16-21-8-5-4-6-9-21)26(31)29-18-23-10-7-15-28-17-23/h4-15,17,20,25H,16,18-19H2,1-3H3,(H,29,31). The van der Waals surface area contributed by atoms with E-state index < -0.39 is 6.04 Å². The first-order valence-corrected chi connectivity index (χ1v) is 11.1. The van der Waals surface area contributed by atoms with Crippen LogP contribution in [-0.4, -0.2) is 34.8 Å². The van der Waals surface area contributed by atoms with E-state index in [2.05, 4.69) is 10.3 Å². The van der Waals surface area contributed by atoms with Crippen molar-refractivity contribution in [2.24, 2.45) is 5.92 Å². The Hall–Kier alpha value is -3.67. The number of hydrogen-bond acceptors (Lipinski definition) is 4. The van der Waals surface area contributed by atoms with Crippen LogP contribution in [0.5, 0.6) is 5.75 Å². The number of methoxy groups -OCH3 is 1. The Labute approximate surface area is 195 Å². The van der Waals surface area contributed by atoms with Crippen LogP contribution in [0.25, 0.3) is 0 Å². The second kappa shape index (κ2) is 11.8. The Kier molecular flexibility index (Phi) is 8.58. The number of rotatable bonds is 10. The second-order valence-corrected chi connectivity index (χ2v) is 8.25. The topological polar surface area (TPSA) is 71.5 Å². The van der Waals surface area contributed by atoms with Crippen LogP contribution < -0.4 is 10.1 Å². The van der Waals surface area contributed by atoms with Gasteiger partial charge in [0.05, 0.1) is 7.11 Å². The molecule has 6 nitrogen and oxygen atoms in total. The van der Waals surface area contributed by atoms with Crippen LogP contribution in [0.2, 0.25) is 0 Å². The Morgan fingerprint density at radius 2 is 1.64 bits per heavy atom. The van der Waals surface area contributed by atoms with E-state index in [1.54, 1.807) is 24.4 Å². The Balaban J connectivity index is 1.88. The number of nitrogens with one attached hydrogen (secondary N) is 1. The normalized spacial score (nSPS) is 11.6. The maximum atomic E-state index is 13.4. The molecule has 2 amide bonds. The Morgan fingerprint density at radius 3 is 2.24 bits per heavy atom. The molecule has 172 valence electrons. The van der Waals surface area contributed by atoms with Gasteiger partial charge in [-0.2, -0.15) is 0 Å². The van der Waals surface area contributed by atoms with E-state index in [0.29, 0.717) is 19.5 Å². The molecule has 1 atom stereocenters. The molecule has 1 aromatic heterocycles. The number of benzene rings is 2. The SMILES string of the molecule is COc1ccc(CN(C(=O)C(C)C)C(Cc2ccccc2)C(=O)NCc2cccnc2)cc1. The van der Waals surface area contributed by atoms with Crippen LogP contribution in [0.15, 0.2) is 79.1 Å². The van der Waals surface area contributed by atoms with Gasteiger partial charge in [0.15, 0.2) is 0 Å². The van der Waals surface area contributed by atoms with Gasteiger partial charge in [-0.25, -0.2) is 0 Å². The maximum Gasteiger partial charge on any atom is 0.243 e. The van der Waals surface area contributed by atoms with E-state index >= 15 is 0 Å². The zero-order chi connectivity index (χ0) is 23.6. The van der Waals surface area contributed by atoms with Gasteiger partial charge in [-0.3, -0.25) is 14.6 Å². The molecular formula is C27H31N3O3. The van der Waals surface area contributed by atoms with Crippen molar-refractivity contribution in [1.82, 2.24) is 15.2 Å². The van der Waals surface area contributed by atoms with E-state index in [1.165, 1.54) is 0 Å². The fourth-order valence-electron chi connectivity index (χ4n) is 3.59. The molecule has 1 N–H and O–H groups in total. The van der Waals surface area contributed by atoms with Crippen molar-refractivity contribution in [3.05, 3.63) is 95.8 Å². The number of amides is 2. The largest absolute Gasteiger partial charge is 0.497 e. The lowest BCUT2D eigenvalue weighted by Gasteiger charge is -2.33. The first-order chi connectivity index (χ1) is 16.0. The number of hydrogen-bond donors (Lipinski definition) is 1. The van der Waals surface area contributed by atoms with Crippen molar-refractivity contribution in [1.29, 1.82) is 0 Å². The lowest BCUT2D eigenvalue weighted by molar-refractivity contribution is -0.143. The summed E-state index contributed by atoms with van der Waals surface area (Å²) in [6.45, 7) is 4.40. The van der Waals surface area contributed by atoms with E-state index in [1.807, 2.05) is 80.6 Å². The van der Waals surface area contributed by atoms with Gasteiger partial charge in [0, 0.05) is 37.8 Å². The molecule has 0 saturated carbocycles. The number of carbonyl (C=O) groups is 2. The van der Waals surface area contributed by atoms with E-state index in [4.69, 9.17) is 4.74 Å². The molecular weight excluding hydrogens is 414 g/mol. The van der Waals surface area contributed by atoms with Crippen molar-refractivity contribution >= 4 is 11.8 Å². The average Bonchev–Trinajstić information content (AvgIpc) is 2.85. The Bertz CT molecular complexity index is 1020. The van der Waals surface area contributed by atoms with Crippen LogP contribution >= 0.6 is 0 Å². The molecule has 1 heterocycles. The molecule has 0 radical (unpaired) electrons. The van der Waals surface area contributed by atoms with Gasteiger partial charge in [0.25, 0.3) is 0 Å². The quantitative estimate of drug-likeness (QED) is 0.512. The van der Waals surface area contributed by atoms with E-state index in [0.717, 1.165) is 22.4 Å². The zero-order valence-corrected chi connectivity index (χ0v) is 19.4. The fourth-order valence-corrected chi connectivity index (χ4v) is 3.59. The van der Waals surface area contributed by atoms with E-state index in [-0.39, 0.29) is 17.7 Å². The maximum absolute atomic E-state index is 13.4. The van der Waals surface area contributed by atoms with Gasteiger partial charge in [-0.1, -0.05) is 62.4 Å². The predicted molar refractivity (Wildman–Crippen MR) is 128 cm³/mol. The molecule has 33 heavy (non-hydrogen) atoms. The molecule has 2 aromatic carbocycles. The minimum Gasteiger partial charge on any atom is -0.497 e. The van der Waals surface area contributed by atoms with Crippen LogP contribution in [0.3, 0.4) is 0 Å². The van der Waals surface area contributed by atoms with Crippen molar-refractivity contribution in [3.63, 3.8) is 0 Å². The summed E-state index contributed by atoms with van der Waals surface area (Å²) in [5.74, 6) is 0.247. The molecule has 3 aromatic rings. The number of aromatic nitrogens is 1. The molecule has 0 fully saturated rings. The van der Waals surface area contributed by atoms with Crippen LogP contribution in [0.1, 0.15) is 30.5 Å². The number of ether oxygens (including phenoxy) is 1. The summed E-state index contributed by atoms with van der Waals surface area (Å²) >= 11 is 0. The molecule has 0 aliphatic carbocycles. The molecule has 0 aliphatic rings. The first kappa shape index (κ1) is 24.0. The molecule has 0 aliphatic heterocycles. The van der Waals surface area contributed by atoms with E-state index in [9.17, 15) is 9.59 Å². The molecule has 3 rings (SSSR count). The number of nitrogens with zero attached hydrogens (tertiary/aromatic N) is 2. The minimum atomic E-state index is -0.652. The van der Waals surface area contributed by atoms with Gasteiger partial charge in [0.1, 0.15) is 11.8 Å². The third-order valence-corrected chi connectivity index (χ3v) is 5.43. The third-order valence-electron chi connectivity index (χ3n) is 5.43. The van der Waals surface area contributed by atoms with Crippen molar-refractivity contribution in [3.8, 4) is 5.75 Å². The lowest BCUT2D eigenvalue weighted by Crippen LogP contribution is -2.51. The van der Waals surface area contributed by atoms with Gasteiger partial charge in [-0.15, -0.1) is 0 Å². The highest BCUT2D eigenvalue weighted by atomic mass is 16.5. The summed E-state index contributed by atoms with van der Waals surface area (Å²) in [6, 6.07) is 20.4. The summed E-state index contributed by atoms with van der Waals surface area (Å²) in [4.78, 5) is 32.5. The third kappa shape index (κ3) is 6.91. The van der Waals surface area contributed by atoms with Crippen molar-refractivity contribution in [2.45, 2.75) is 39.4 Å². The Morgan fingerprint density at radius 1 is 0.939 bits per heavy atom. The van der Waals surface area contributed by atoms with Crippen LogP contribution in [0.4, 0.5) is 0 Å². The predicted octanol–water partition coefficient (Wildman–Crippen LogP) is 4.00. The van der Waals surface area contributed by atoms with Crippen molar-refractivity contribution in [2.75, 3.05) is 7.11 Å². The number of pyridine rings is 1. The highest BCUT2D eigenvalue weighted by molar-refractivity contribution is 5.88. The summed E-state index contributed by atoms with van der Waals surface area (Å²) in [5, 5.41) is 3.00. The monoisotopic (exact) mass is 445 g/mol. The van der Waals surface area contributed by atoms with Crippen LogP contribution in [-0.2, 0) is 29.1 Å². The highest BCUT2D eigenvalue weighted by Crippen LogP contribution is 2.19. The summed E-state index contributed by atoms with van der Waals surface area (Å²) in [7, 11) is 1.62. The highest BCUT2D eigenvalue weighted by Gasteiger charge is 2.31. The zero-order valence-electron chi connectivity index (χ0n) is 19.4. The molecule has 0 spiro atoms. The molecule has 6 heteroatoms.